The summed E-state index contributed by atoms with van der Waals surface area (Å²) in [5.74, 6) is -0.987. The second-order valence-corrected chi connectivity index (χ2v) is 8.30. The average molecular weight is 439 g/mol. The third-order valence-corrected chi connectivity index (χ3v) is 5.88. The first-order valence-electron chi connectivity index (χ1n) is 10.7. The first-order chi connectivity index (χ1) is 14.9. The summed E-state index contributed by atoms with van der Waals surface area (Å²) >= 11 is 0. The highest BCUT2D eigenvalue weighted by atomic mass is 19.1. The minimum Gasteiger partial charge on any atom is -0.377 e. The first kappa shape index (κ1) is 23.1. The summed E-state index contributed by atoms with van der Waals surface area (Å²) in [5.41, 5.74) is 5.07. The molecule has 10 nitrogen and oxygen atoms in total. The quantitative estimate of drug-likeness (QED) is 0.302. The fourth-order valence-corrected chi connectivity index (χ4v) is 4.26. The Balaban J connectivity index is 1.70. The van der Waals surface area contributed by atoms with Crippen LogP contribution in [0.4, 0.5) is 16.0 Å². The predicted octanol–water partition coefficient (Wildman–Crippen LogP) is 1.64. The lowest BCUT2D eigenvalue weighted by molar-refractivity contribution is -0.154. The first-order valence-corrected chi connectivity index (χ1v) is 10.7. The maximum atomic E-state index is 15.1. The minimum atomic E-state index is -0.663. The van der Waals surface area contributed by atoms with Crippen LogP contribution in [0.3, 0.4) is 0 Å². The fourth-order valence-electron chi connectivity index (χ4n) is 4.26. The number of ether oxygens (including phenoxy) is 1. The van der Waals surface area contributed by atoms with Crippen LogP contribution < -0.4 is 15.8 Å². The van der Waals surface area contributed by atoms with Gasteiger partial charge in [-0.3, -0.25) is 25.6 Å². The number of halogens is 1. The van der Waals surface area contributed by atoms with E-state index in [1.807, 2.05) is 11.8 Å². The highest BCUT2D eigenvalue weighted by Crippen LogP contribution is 2.31. The number of rotatable bonds is 9. The molecule has 2 aliphatic rings. The van der Waals surface area contributed by atoms with E-state index in [9.17, 15) is 14.8 Å². The maximum Gasteiger partial charge on any atom is 0.243 e. The molecule has 3 rings (SSSR count). The summed E-state index contributed by atoms with van der Waals surface area (Å²) < 4.78 is 20.5. The molecule has 0 radical (unpaired) electrons. The second kappa shape index (κ2) is 10.7. The molecule has 1 aliphatic heterocycles. The van der Waals surface area contributed by atoms with Crippen LogP contribution in [0.25, 0.3) is 0 Å². The van der Waals surface area contributed by atoms with Gasteiger partial charge in [0.2, 0.25) is 18.1 Å². The molecule has 0 bridgehead atoms. The number of carbonyl (C=O) groups is 2. The van der Waals surface area contributed by atoms with Crippen molar-refractivity contribution in [1.29, 1.82) is 0 Å². The van der Waals surface area contributed by atoms with Gasteiger partial charge in [0.05, 0.1) is 31.7 Å². The van der Waals surface area contributed by atoms with Crippen LogP contribution in [0.2, 0.25) is 0 Å². The summed E-state index contributed by atoms with van der Waals surface area (Å²) in [7, 11) is 0. The molecule has 2 atom stereocenters. The van der Waals surface area contributed by atoms with Crippen molar-refractivity contribution in [3.8, 4) is 0 Å². The van der Waals surface area contributed by atoms with Crippen molar-refractivity contribution in [2.24, 2.45) is 11.8 Å². The fraction of sp³-hybridized carbons (Fsp3) is 0.700. The SMILES string of the molecule is Cc1nc(NNC(=O)[C@H](CC2CCCC2)CN(O)C=O)c(F)c(N2CCOC[C@@H]2C)n1. The van der Waals surface area contributed by atoms with E-state index in [-0.39, 0.29) is 30.6 Å². The van der Waals surface area contributed by atoms with E-state index in [0.29, 0.717) is 43.0 Å². The Kier molecular flexibility index (Phi) is 7.97. The molecule has 0 unspecified atom stereocenters. The molecule has 172 valence electrons. The number of amides is 2. The van der Waals surface area contributed by atoms with Gasteiger partial charge in [0.15, 0.2) is 11.6 Å². The molecular weight excluding hydrogens is 407 g/mol. The van der Waals surface area contributed by atoms with E-state index in [4.69, 9.17) is 4.74 Å². The van der Waals surface area contributed by atoms with Crippen LogP contribution in [0.1, 0.15) is 44.9 Å². The lowest BCUT2D eigenvalue weighted by Crippen LogP contribution is -2.45. The van der Waals surface area contributed by atoms with Crippen molar-refractivity contribution in [2.45, 2.75) is 52.0 Å². The molecule has 2 heterocycles. The van der Waals surface area contributed by atoms with Gasteiger partial charge in [-0.05, 0) is 26.2 Å². The number of hydroxylamine groups is 2. The van der Waals surface area contributed by atoms with E-state index in [0.717, 1.165) is 25.7 Å². The molecule has 0 aromatic carbocycles. The third-order valence-electron chi connectivity index (χ3n) is 5.88. The topological polar surface area (TPSA) is 120 Å². The van der Waals surface area contributed by atoms with Gasteiger partial charge in [-0.2, -0.15) is 4.39 Å². The van der Waals surface area contributed by atoms with Gasteiger partial charge in [0.25, 0.3) is 0 Å². The van der Waals surface area contributed by atoms with Gasteiger partial charge >= 0.3 is 0 Å². The minimum absolute atomic E-state index is 0.0466. The molecule has 1 aliphatic carbocycles. The van der Waals surface area contributed by atoms with E-state index in [2.05, 4.69) is 20.8 Å². The molecule has 3 N–H and O–H groups in total. The number of hydrazine groups is 1. The van der Waals surface area contributed by atoms with Crippen molar-refractivity contribution in [3.05, 3.63) is 11.6 Å². The Labute approximate surface area is 181 Å². The molecule has 1 aromatic rings. The number of nitrogens with zero attached hydrogens (tertiary/aromatic N) is 4. The van der Waals surface area contributed by atoms with Crippen molar-refractivity contribution in [2.75, 3.05) is 36.6 Å². The molecule has 1 aromatic heterocycles. The summed E-state index contributed by atoms with van der Waals surface area (Å²) in [4.78, 5) is 33.7. The zero-order valence-corrected chi connectivity index (χ0v) is 18.0. The molecule has 2 fully saturated rings. The van der Waals surface area contributed by atoms with Crippen molar-refractivity contribution in [1.82, 2.24) is 20.5 Å². The standard InChI is InChI=1S/C20H31FN6O4/c1-13-11-31-8-7-27(13)19-17(21)18(22-14(2)23-19)24-25-20(29)16(10-26(30)12-28)9-15-5-3-4-6-15/h12-13,15-16,30H,3-11H2,1-2H3,(H,25,29)(H,22,23,24)/t13-,16+/m0/s1. The number of nitrogens with one attached hydrogen (secondary N) is 2. The second-order valence-electron chi connectivity index (χ2n) is 8.30. The lowest BCUT2D eigenvalue weighted by Gasteiger charge is -2.34. The van der Waals surface area contributed by atoms with Crippen LogP contribution in [0.15, 0.2) is 0 Å². The van der Waals surface area contributed by atoms with E-state index in [1.165, 1.54) is 0 Å². The van der Waals surface area contributed by atoms with Gasteiger partial charge in [-0.1, -0.05) is 25.7 Å². The van der Waals surface area contributed by atoms with Gasteiger partial charge in [0, 0.05) is 6.54 Å². The molecule has 0 spiro atoms. The van der Waals surface area contributed by atoms with E-state index in [1.54, 1.807) is 6.92 Å². The molecule has 2 amide bonds. The molecule has 1 saturated carbocycles. The number of aromatic nitrogens is 2. The molecule has 1 saturated heterocycles. The van der Waals surface area contributed by atoms with Crippen molar-refractivity contribution < 1.29 is 23.9 Å². The number of morpholine rings is 1. The van der Waals surface area contributed by atoms with Crippen LogP contribution in [-0.4, -0.2) is 64.9 Å². The number of hydrogen-bond donors (Lipinski definition) is 3. The van der Waals surface area contributed by atoms with E-state index >= 15 is 4.39 Å². The van der Waals surface area contributed by atoms with Gasteiger partial charge in [-0.15, -0.1) is 0 Å². The highest BCUT2D eigenvalue weighted by molar-refractivity contribution is 5.80. The van der Waals surface area contributed by atoms with Crippen LogP contribution in [0.5, 0.6) is 0 Å². The lowest BCUT2D eigenvalue weighted by atomic mass is 9.92. The predicted molar refractivity (Wildman–Crippen MR) is 111 cm³/mol. The maximum absolute atomic E-state index is 15.1. The Morgan fingerprint density at radius 2 is 2.16 bits per heavy atom. The van der Waals surface area contributed by atoms with Crippen LogP contribution in [-0.2, 0) is 14.3 Å². The third kappa shape index (κ3) is 6.01. The van der Waals surface area contributed by atoms with Gasteiger partial charge in [0.1, 0.15) is 5.82 Å². The Bertz CT molecular complexity index is 776. The van der Waals surface area contributed by atoms with Crippen LogP contribution >= 0.6 is 0 Å². The van der Waals surface area contributed by atoms with E-state index < -0.39 is 17.6 Å². The normalized spacial score (nSPS) is 20.4. The Morgan fingerprint density at radius 3 is 2.84 bits per heavy atom. The summed E-state index contributed by atoms with van der Waals surface area (Å²) in [6.07, 6.45) is 5.07. The van der Waals surface area contributed by atoms with Crippen molar-refractivity contribution >= 4 is 24.0 Å². The number of anilines is 2. The number of carbonyl (C=O) groups excluding carboxylic acids is 2. The zero-order valence-electron chi connectivity index (χ0n) is 18.0. The Hall–Kier alpha value is -2.53. The Morgan fingerprint density at radius 1 is 1.42 bits per heavy atom. The highest BCUT2D eigenvalue weighted by Gasteiger charge is 2.28. The van der Waals surface area contributed by atoms with Crippen LogP contribution in [0, 0.1) is 24.6 Å². The summed E-state index contributed by atoms with van der Waals surface area (Å²) in [6.45, 7) is 4.89. The zero-order chi connectivity index (χ0) is 22.4. The average Bonchev–Trinajstić information content (AvgIpc) is 3.27. The van der Waals surface area contributed by atoms with Crippen molar-refractivity contribution in [3.63, 3.8) is 0 Å². The molecular formula is C20H31FN6O4. The summed E-state index contributed by atoms with van der Waals surface area (Å²) in [6, 6.07) is -0.0466. The van der Waals surface area contributed by atoms with Gasteiger partial charge < -0.3 is 9.64 Å². The largest absolute Gasteiger partial charge is 0.377 e. The molecule has 11 heteroatoms. The summed E-state index contributed by atoms with van der Waals surface area (Å²) in [5, 5.41) is 10.1. The number of aryl methyl sites for hydroxylation is 1. The number of hydrogen-bond acceptors (Lipinski definition) is 8. The monoisotopic (exact) mass is 438 g/mol. The van der Waals surface area contributed by atoms with Gasteiger partial charge in [-0.25, -0.2) is 15.0 Å². The smallest absolute Gasteiger partial charge is 0.243 e. The molecule has 31 heavy (non-hydrogen) atoms.